The molecule has 0 nitrogen and oxygen atoms in total. The molecule has 1 aliphatic rings. The molecule has 0 aromatic heterocycles. The van der Waals surface area contributed by atoms with Gasteiger partial charge in [0.25, 0.3) is 0 Å². The monoisotopic (exact) mass is 232 g/mol. The van der Waals surface area contributed by atoms with Crippen molar-refractivity contribution in [2.75, 3.05) is 0 Å². The fraction of sp³-hybridized carbons (Fsp3) is 0.111. The maximum Gasteiger partial charge on any atom is -0.00547 e. The second kappa shape index (κ2) is 5.05. The molecule has 3 rings (SSSR count). The zero-order valence-electron chi connectivity index (χ0n) is 10.3. The Balaban J connectivity index is 1.65. The van der Waals surface area contributed by atoms with Gasteiger partial charge in [-0.1, -0.05) is 78.4 Å². The fourth-order valence-corrected chi connectivity index (χ4v) is 2.39. The molecule has 0 aliphatic heterocycles. The van der Waals surface area contributed by atoms with E-state index < -0.39 is 0 Å². The third-order valence-electron chi connectivity index (χ3n) is 3.32. The molecule has 2 aromatic rings. The number of benzene rings is 2. The van der Waals surface area contributed by atoms with Gasteiger partial charge in [-0.3, -0.25) is 0 Å². The van der Waals surface area contributed by atoms with E-state index in [0.29, 0.717) is 0 Å². The Hall–Kier alpha value is -2.08. The van der Waals surface area contributed by atoms with E-state index in [1.54, 1.807) is 0 Å². The molecule has 0 fully saturated rings. The van der Waals surface area contributed by atoms with Gasteiger partial charge in [0.2, 0.25) is 0 Å². The van der Waals surface area contributed by atoms with Crippen molar-refractivity contribution in [1.29, 1.82) is 0 Å². The van der Waals surface area contributed by atoms with Gasteiger partial charge in [0.1, 0.15) is 0 Å². The number of allylic oxidation sites excluding steroid dienone is 2. The van der Waals surface area contributed by atoms with Crippen molar-refractivity contribution in [2.45, 2.75) is 12.8 Å². The van der Waals surface area contributed by atoms with E-state index in [0.717, 1.165) is 12.8 Å². The summed E-state index contributed by atoms with van der Waals surface area (Å²) < 4.78 is 0. The van der Waals surface area contributed by atoms with Crippen molar-refractivity contribution in [1.82, 2.24) is 0 Å². The van der Waals surface area contributed by atoms with Gasteiger partial charge in [-0.2, -0.15) is 0 Å². The molecule has 0 spiro atoms. The van der Waals surface area contributed by atoms with Crippen LogP contribution in [0.2, 0.25) is 0 Å². The number of hydrogen-bond donors (Lipinski definition) is 0. The summed E-state index contributed by atoms with van der Waals surface area (Å²) in [5, 5.41) is 0. The van der Waals surface area contributed by atoms with Gasteiger partial charge in [0, 0.05) is 0 Å². The molecular formula is C18H16. The molecule has 0 saturated heterocycles. The van der Waals surface area contributed by atoms with Crippen LogP contribution in [0.3, 0.4) is 0 Å². The molecule has 0 bridgehead atoms. The predicted octanol–water partition coefficient (Wildman–Crippen LogP) is 4.73. The Kier molecular flexibility index (Phi) is 3.10. The molecular weight excluding hydrogens is 216 g/mol. The van der Waals surface area contributed by atoms with Crippen LogP contribution in [-0.2, 0) is 6.42 Å². The average molecular weight is 232 g/mol. The van der Waals surface area contributed by atoms with Crippen molar-refractivity contribution < 1.29 is 0 Å². The van der Waals surface area contributed by atoms with Gasteiger partial charge < -0.3 is 0 Å². The lowest BCUT2D eigenvalue weighted by molar-refractivity contribution is 1.11. The first-order chi connectivity index (χ1) is 8.92. The summed E-state index contributed by atoms with van der Waals surface area (Å²) in [6.07, 6.45) is 8.93. The summed E-state index contributed by atoms with van der Waals surface area (Å²) in [4.78, 5) is 0. The van der Waals surface area contributed by atoms with Crippen LogP contribution in [0.15, 0.2) is 66.2 Å². The molecule has 2 aromatic carbocycles. The highest BCUT2D eigenvalue weighted by Crippen LogP contribution is 2.26. The molecule has 0 saturated carbocycles. The Morgan fingerprint density at radius 3 is 2.50 bits per heavy atom. The fourth-order valence-electron chi connectivity index (χ4n) is 2.39. The highest BCUT2D eigenvalue weighted by Gasteiger charge is 2.09. The lowest BCUT2D eigenvalue weighted by Gasteiger charge is -1.97. The minimum absolute atomic E-state index is 1.05. The van der Waals surface area contributed by atoms with Crippen LogP contribution < -0.4 is 0 Å². The minimum atomic E-state index is 1.05. The Bertz CT molecular complexity index is 588. The summed E-state index contributed by atoms with van der Waals surface area (Å²) in [5.74, 6) is 0. The summed E-state index contributed by atoms with van der Waals surface area (Å²) in [6.45, 7) is 0. The number of hydrogen-bond acceptors (Lipinski definition) is 0. The van der Waals surface area contributed by atoms with E-state index in [1.165, 1.54) is 22.3 Å². The first-order valence-electron chi connectivity index (χ1n) is 6.41. The zero-order valence-corrected chi connectivity index (χ0v) is 10.3. The third-order valence-corrected chi connectivity index (χ3v) is 3.32. The molecule has 0 heteroatoms. The molecule has 0 heterocycles. The maximum atomic E-state index is 2.32. The molecule has 0 radical (unpaired) electrons. The second-order valence-corrected chi connectivity index (χ2v) is 4.70. The Labute approximate surface area is 108 Å². The van der Waals surface area contributed by atoms with Crippen molar-refractivity contribution in [2.24, 2.45) is 0 Å². The SMILES string of the molecule is C1=C(C/C=C/c2ccccc2)Cc2ccccc21. The lowest BCUT2D eigenvalue weighted by atomic mass is 10.1. The summed E-state index contributed by atoms with van der Waals surface area (Å²) in [7, 11) is 0. The second-order valence-electron chi connectivity index (χ2n) is 4.70. The number of fused-ring (bicyclic) bond motifs is 1. The van der Waals surface area contributed by atoms with Gasteiger partial charge in [-0.15, -0.1) is 0 Å². The summed E-state index contributed by atoms with van der Waals surface area (Å²) in [6, 6.07) is 19.1. The molecule has 18 heavy (non-hydrogen) atoms. The largest absolute Gasteiger partial charge is 0.0799 e. The van der Waals surface area contributed by atoms with Crippen LogP contribution in [0.5, 0.6) is 0 Å². The van der Waals surface area contributed by atoms with Gasteiger partial charge in [0.15, 0.2) is 0 Å². The lowest BCUT2D eigenvalue weighted by Crippen LogP contribution is -1.82. The first kappa shape index (κ1) is 11.0. The van der Waals surface area contributed by atoms with E-state index in [2.05, 4.69) is 66.8 Å². The van der Waals surface area contributed by atoms with E-state index in [4.69, 9.17) is 0 Å². The number of rotatable bonds is 3. The van der Waals surface area contributed by atoms with Crippen molar-refractivity contribution >= 4 is 12.2 Å². The van der Waals surface area contributed by atoms with Crippen LogP contribution in [0.1, 0.15) is 23.1 Å². The molecule has 0 N–H and O–H groups in total. The Morgan fingerprint density at radius 1 is 0.889 bits per heavy atom. The van der Waals surface area contributed by atoms with Crippen molar-refractivity contribution in [3.8, 4) is 0 Å². The minimum Gasteiger partial charge on any atom is -0.0799 e. The van der Waals surface area contributed by atoms with Crippen molar-refractivity contribution in [3.05, 3.63) is 82.9 Å². The quantitative estimate of drug-likeness (QED) is 0.717. The summed E-state index contributed by atoms with van der Waals surface area (Å²) in [5.41, 5.74) is 5.62. The molecule has 0 atom stereocenters. The van der Waals surface area contributed by atoms with Crippen LogP contribution >= 0.6 is 0 Å². The molecule has 0 amide bonds. The average Bonchev–Trinajstić information content (AvgIpc) is 2.82. The smallest absolute Gasteiger partial charge is 0.00547 e. The van der Waals surface area contributed by atoms with Crippen LogP contribution in [-0.4, -0.2) is 0 Å². The van der Waals surface area contributed by atoms with Crippen LogP contribution in [0.25, 0.3) is 12.2 Å². The molecule has 1 aliphatic carbocycles. The molecule has 88 valence electrons. The van der Waals surface area contributed by atoms with Crippen LogP contribution in [0.4, 0.5) is 0 Å². The maximum absolute atomic E-state index is 2.32. The Morgan fingerprint density at radius 2 is 1.67 bits per heavy atom. The topological polar surface area (TPSA) is 0 Å². The van der Waals surface area contributed by atoms with Crippen LogP contribution in [0, 0.1) is 0 Å². The van der Waals surface area contributed by atoms with Gasteiger partial charge in [-0.05, 0) is 29.5 Å². The van der Waals surface area contributed by atoms with Gasteiger partial charge in [-0.25, -0.2) is 0 Å². The van der Waals surface area contributed by atoms with Gasteiger partial charge in [0.05, 0.1) is 0 Å². The standard InChI is InChI=1S/C18H16/c1-2-7-15(8-3-1)9-6-10-16-13-17-11-4-5-12-18(17)14-16/h1-9,11-13H,10,14H2/b9-6+. The highest BCUT2D eigenvalue weighted by atomic mass is 14.1. The predicted molar refractivity (Wildman–Crippen MR) is 78.2 cm³/mol. The summed E-state index contributed by atoms with van der Waals surface area (Å²) >= 11 is 0. The molecule has 0 unspecified atom stereocenters. The first-order valence-corrected chi connectivity index (χ1v) is 6.41. The van der Waals surface area contributed by atoms with Gasteiger partial charge >= 0.3 is 0 Å². The highest BCUT2D eigenvalue weighted by molar-refractivity contribution is 5.64. The van der Waals surface area contributed by atoms with Crippen molar-refractivity contribution in [3.63, 3.8) is 0 Å². The van der Waals surface area contributed by atoms with E-state index in [1.807, 2.05) is 6.07 Å². The third kappa shape index (κ3) is 2.43. The van der Waals surface area contributed by atoms with E-state index in [9.17, 15) is 0 Å². The zero-order chi connectivity index (χ0) is 12.2. The van der Waals surface area contributed by atoms with E-state index in [-0.39, 0.29) is 0 Å². The normalized spacial score (nSPS) is 13.7. The van der Waals surface area contributed by atoms with E-state index >= 15 is 0 Å².